The molecule has 0 aliphatic carbocycles. The minimum Gasteiger partial charge on any atom is -0.457 e. The highest BCUT2D eigenvalue weighted by Gasteiger charge is 2.15. The number of ether oxygens (including phenoxy) is 1. The third-order valence-corrected chi connectivity index (χ3v) is 6.22. The highest BCUT2D eigenvalue weighted by atomic mass is 32.2. The molecule has 3 rings (SSSR count). The molecule has 0 saturated carbocycles. The first-order valence-corrected chi connectivity index (χ1v) is 11.2. The predicted octanol–water partition coefficient (Wildman–Crippen LogP) is 3.24. The predicted molar refractivity (Wildman–Crippen MR) is 106 cm³/mol. The summed E-state index contributed by atoms with van der Waals surface area (Å²) >= 11 is 0. The summed E-state index contributed by atoms with van der Waals surface area (Å²) in [4.78, 5) is -0.0617. The van der Waals surface area contributed by atoms with Gasteiger partial charge in [0.15, 0.2) is 0 Å². The maximum Gasteiger partial charge on any atom is 0.261 e. The number of benzene rings is 3. The van der Waals surface area contributed by atoms with Crippen molar-refractivity contribution in [3.8, 4) is 11.5 Å². The number of primary sulfonamides is 1. The van der Waals surface area contributed by atoms with E-state index >= 15 is 0 Å². The number of hydrogen-bond acceptors (Lipinski definition) is 5. The highest BCUT2D eigenvalue weighted by Crippen LogP contribution is 2.26. The topological polar surface area (TPSA) is 116 Å². The first-order chi connectivity index (χ1) is 13.1. The number of rotatable bonds is 6. The molecule has 3 N–H and O–H groups in total. The molecule has 0 unspecified atom stereocenters. The van der Waals surface area contributed by atoms with Crippen molar-refractivity contribution in [1.82, 2.24) is 0 Å². The summed E-state index contributed by atoms with van der Waals surface area (Å²) in [5.74, 6) is 1.19. The van der Waals surface area contributed by atoms with Gasteiger partial charge in [-0.15, -0.1) is 0 Å². The Morgan fingerprint density at radius 2 is 1.36 bits per heavy atom. The number of hydrogen-bond donors (Lipinski definition) is 2. The summed E-state index contributed by atoms with van der Waals surface area (Å²) in [6.45, 7) is 1.92. The maximum atomic E-state index is 12.5. The zero-order chi connectivity index (χ0) is 20.4. The Morgan fingerprint density at radius 1 is 0.786 bits per heavy atom. The molecule has 0 aliphatic rings. The van der Waals surface area contributed by atoms with E-state index in [9.17, 15) is 16.8 Å². The lowest BCUT2D eigenvalue weighted by Gasteiger charge is -2.11. The zero-order valence-corrected chi connectivity index (χ0v) is 16.5. The Kier molecular flexibility index (Phi) is 5.41. The fourth-order valence-electron chi connectivity index (χ4n) is 2.41. The van der Waals surface area contributed by atoms with Gasteiger partial charge in [-0.2, -0.15) is 0 Å². The monoisotopic (exact) mass is 418 g/mol. The molecule has 0 aliphatic heterocycles. The van der Waals surface area contributed by atoms with Gasteiger partial charge in [-0.05, 0) is 67.1 Å². The molecule has 0 amide bonds. The summed E-state index contributed by atoms with van der Waals surface area (Å²) in [6.07, 6.45) is 0. The minimum absolute atomic E-state index is 0.0418. The lowest BCUT2D eigenvalue weighted by atomic mass is 10.2. The van der Waals surface area contributed by atoms with Gasteiger partial charge in [0.25, 0.3) is 10.0 Å². The highest BCUT2D eigenvalue weighted by molar-refractivity contribution is 7.92. The van der Waals surface area contributed by atoms with Crippen LogP contribution in [0.4, 0.5) is 5.69 Å². The van der Waals surface area contributed by atoms with Crippen molar-refractivity contribution < 1.29 is 21.6 Å². The third-order valence-electron chi connectivity index (χ3n) is 3.89. The van der Waals surface area contributed by atoms with Crippen LogP contribution in [0.5, 0.6) is 11.5 Å². The van der Waals surface area contributed by atoms with Crippen LogP contribution in [0.25, 0.3) is 0 Å². The van der Waals surface area contributed by atoms with Crippen molar-refractivity contribution in [1.29, 1.82) is 0 Å². The molecule has 0 spiro atoms. The quantitative estimate of drug-likeness (QED) is 0.638. The van der Waals surface area contributed by atoms with Crippen molar-refractivity contribution in [2.45, 2.75) is 16.7 Å². The number of sulfonamides is 2. The fraction of sp³-hybridized carbons (Fsp3) is 0.0526. The van der Waals surface area contributed by atoms with Crippen LogP contribution in [-0.4, -0.2) is 16.8 Å². The van der Waals surface area contributed by atoms with Gasteiger partial charge in [0, 0.05) is 5.69 Å². The second-order valence-corrected chi connectivity index (χ2v) is 9.26. The second kappa shape index (κ2) is 7.63. The smallest absolute Gasteiger partial charge is 0.261 e. The maximum absolute atomic E-state index is 12.5. The molecule has 0 bridgehead atoms. The normalized spacial score (nSPS) is 11.8. The Hall–Kier alpha value is -2.88. The van der Waals surface area contributed by atoms with Gasteiger partial charge in [0.1, 0.15) is 11.5 Å². The first kappa shape index (κ1) is 19.9. The molecule has 0 saturated heterocycles. The van der Waals surface area contributed by atoms with E-state index in [2.05, 4.69) is 4.72 Å². The van der Waals surface area contributed by atoms with Crippen molar-refractivity contribution in [3.63, 3.8) is 0 Å². The average molecular weight is 418 g/mol. The van der Waals surface area contributed by atoms with Crippen LogP contribution < -0.4 is 14.6 Å². The molecule has 0 radical (unpaired) electrons. The second-order valence-electron chi connectivity index (χ2n) is 6.01. The standard InChI is InChI=1S/C19H18N2O5S2/c1-14-4-2-3-5-19(14)26-16-8-12-18(13-9-16)28(24,25)21-15-6-10-17(11-7-15)27(20,22)23/h2-13,21H,1H3,(H2,20,22,23). The van der Waals surface area contributed by atoms with Gasteiger partial charge in [0.2, 0.25) is 10.0 Å². The van der Waals surface area contributed by atoms with Crippen molar-refractivity contribution in [2.24, 2.45) is 5.14 Å². The van der Waals surface area contributed by atoms with E-state index < -0.39 is 20.0 Å². The van der Waals surface area contributed by atoms with E-state index in [4.69, 9.17) is 9.88 Å². The largest absolute Gasteiger partial charge is 0.457 e. The van der Waals surface area contributed by atoms with E-state index in [0.717, 1.165) is 5.56 Å². The number of nitrogens with one attached hydrogen (secondary N) is 1. The number of nitrogens with two attached hydrogens (primary N) is 1. The van der Waals surface area contributed by atoms with Crippen molar-refractivity contribution >= 4 is 25.7 Å². The fourth-order valence-corrected chi connectivity index (χ4v) is 3.99. The van der Waals surface area contributed by atoms with E-state index in [0.29, 0.717) is 11.5 Å². The van der Waals surface area contributed by atoms with Crippen LogP contribution in [0.3, 0.4) is 0 Å². The summed E-state index contributed by atoms with van der Waals surface area (Å²) in [5, 5.41) is 5.03. The van der Waals surface area contributed by atoms with Gasteiger partial charge < -0.3 is 4.74 Å². The van der Waals surface area contributed by atoms with Crippen LogP contribution >= 0.6 is 0 Å². The lowest BCUT2D eigenvalue weighted by Crippen LogP contribution is -2.14. The molecule has 0 aromatic heterocycles. The zero-order valence-electron chi connectivity index (χ0n) is 14.9. The van der Waals surface area contributed by atoms with E-state index in [-0.39, 0.29) is 15.5 Å². The number of aryl methyl sites for hydroxylation is 1. The first-order valence-electron chi connectivity index (χ1n) is 8.14. The molecule has 28 heavy (non-hydrogen) atoms. The number of anilines is 1. The van der Waals surface area contributed by atoms with Gasteiger partial charge in [-0.25, -0.2) is 22.0 Å². The lowest BCUT2D eigenvalue weighted by molar-refractivity contribution is 0.478. The van der Waals surface area contributed by atoms with Crippen molar-refractivity contribution in [3.05, 3.63) is 78.4 Å². The van der Waals surface area contributed by atoms with Gasteiger partial charge in [-0.1, -0.05) is 18.2 Å². The molecule has 0 heterocycles. The van der Waals surface area contributed by atoms with Crippen LogP contribution in [0.1, 0.15) is 5.56 Å². The summed E-state index contributed by atoms with van der Waals surface area (Å²) in [7, 11) is -7.69. The Morgan fingerprint density at radius 3 is 1.93 bits per heavy atom. The molecule has 0 fully saturated rings. The molecular weight excluding hydrogens is 400 g/mol. The van der Waals surface area contributed by atoms with Gasteiger partial charge in [0.05, 0.1) is 9.79 Å². The number of para-hydroxylation sites is 1. The van der Waals surface area contributed by atoms with Crippen LogP contribution in [0.15, 0.2) is 82.6 Å². The Balaban J connectivity index is 1.76. The molecule has 0 atom stereocenters. The summed E-state index contributed by atoms with van der Waals surface area (Å²) in [6, 6.07) is 18.6. The van der Waals surface area contributed by atoms with E-state index in [1.165, 1.54) is 36.4 Å². The summed E-state index contributed by atoms with van der Waals surface area (Å²) < 4.78 is 55.7. The van der Waals surface area contributed by atoms with E-state index in [1.807, 2.05) is 31.2 Å². The molecule has 3 aromatic carbocycles. The van der Waals surface area contributed by atoms with Gasteiger partial charge >= 0.3 is 0 Å². The van der Waals surface area contributed by atoms with Crippen LogP contribution in [0.2, 0.25) is 0 Å². The Bertz CT molecular complexity index is 1190. The molecule has 3 aromatic rings. The summed E-state index contributed by atoms with van der Waals surface area (Å²) in [5.41, 5.74) is 1.18. The average Bonchev–Trinajstić information content (AvgIpc) is 2.63. The molecular formula is C19H18N2O5S2. The van der Waals surface area contributed by atoms with Gasteiger partial charge in [-0.3, -0.25) is 4.72 Å². The SMILES string of the molecule is Cc1ccccc1Oc1ccc(S(=O)(=O)Nc2ccc(S(N)(=O)=O)cc2)cc1. The van der Waals surface area contributed by atoms with E-state index in [1.54, 1.807) is 12.1 Å². The molecule has 146 valence electrons. The molecule has 9 heteroatoms. The molecule has 7 nitrogen and oxygen atoms in total. The third kappa shape index (κ3) is 4.69. The van der Waals surface area contributed by atoms with Crippen LogP contribution in [-0.2, 0) is 20.0 Å². The van der Waals surface area contributed by atoms with Crippen molar-refractivity contribution in [2.75, 3.05) is 4.72 Å². The Labute approximate surface area is 163 Å². The van der Waals surface area contributed by atoms with Crippen LogP contribution in [0, 0.1) is 6.92 Å². The minimum atomic E-state index is -3.85.